The van der Waals surface area contributed by atoms with Crippen molar-refractivity contribution in [3.63, 3.8) is 0 Å². The summed E-state index contributed by atoms with van der Waals surface area (Å²) >= 11 is 0. The third-order valence-corrected chi connectivity index (χ3v) is 9.58. The molecule has 6 aromatic carbocycles. The molecule has 3 heterocycles. The van der Waals surface area contributed by atoms with Crippen molar-refractivity contribution in [3.05, 3.63) is 139 Å². The molecular weight excluding hydrogens is 603 g/mol. The Morgan fingerprint density at radius 2 is 1.02 bits per heavy atom. The molecule has 0 radical (unpaired) electrons. The van der Waals surface area contributed by atoms with Crippen LogP contribution in [0.5, 0.6) is 0 Å². The van der Waals surface area contributed by atoms with Crippen molar-refractivity contribution in [2.75, 3.05) is 13.2 Å². The summed E-state index contributed by atoms with van der Waals surface area (Å²) in [6, 6.07) is 45.9. The van der Waals surface area contributed by atoms with Crippen molar-refractivity contribution in [1.82, 2.24) is 4.57 Å². The van der Waals surface area contributed by atoms with E-state index >= 15 is 0 Å². The molecule has 240 valence electrons. The largest absolute Gasteiger partial charge is 0.475 e. The molecule has 2 aliphatic rings. The second-order valence-corrected chi connectivity index (χ2v) is 14.5. The summed E-state index contributed by atoms with van der Waals surface area (Å²) in [4.78, 5) is 9.62. The Labute approximate surface area is 286 Å². The molecule has 0 amide bonds. The molecule has 7 aromatic rings. The van der Waals surface area contributed by atoms with Gasteiger partial charge in [0.15, 0.2) is 0 Å². The lowest BCUT2D eigenvalue weighted by atomic mass is 9.98. The first-order chi connectivity index (χ1) is 23.7. The van der Waals surface area contributed by atoms with Crippen LogP contribution in [-0.4, -0.2) is 40.7 Å². The average molecular weight is 640 g/mol. The van der Waals surface area contributed by atoms with Gasteiger partial charge in [-0.05, 0) is 104 Å². The second-order valence-electron chi connectivity index (χ2n) is 14.5. The minimum atomic E-state index is -0.203. The maximum absolute atomic E-state index is 5.98. The summed E-state index contributed by atoms with van der Waals surface area (Å²) < 4.78 is 14.4. The molecular formula is C44H37N3O2. The predicted octanol–water partition coefficient (Wildman–Crippen LogP) is 10.4. The topological polar surface area (TPSA) is 48.1 Å². The number of hydrogen-bond acceptors (Lipinski definition) is 4. The van der Waals surface area contributed by atoms with Gasteiger partial charge < -0.3 is 14.0 Å². The van der Waals surface area contributed by atoms with Crippen LogP contribution < -0.4 is 0 Å². The summed E-state index contributed by atoms with van der Waals surface area (Å²) in [6.07, 6.45) is 0. The van der Waals surface area contributed by atoms with E-state index in [1.807, 2.05) is 0 Å². The third kappa shape index (κ3) is 5.17. The number of para-hydroxylation sites is 1. The first-order valence-corrected chi connectivity index (χ1v) is 16.9. The molecule has 0 saturated carbocycles. The molecule has 0 saturated heterocycles. The number of aromatic nitrogens is 1. The van der Waals surface area contributed by atoms with Crippen LogP contribution in [0.15, 0.2) is 137 Å². The van der Waals surface area contributed by atoms with Crippen LogP contribution in [-0.2, 0) is 9.47 Å². The molecule has 5 nitrogen and oxygen atoms in total. The summed E-state index contributed by atoms with van der Waals surface area (Å²) in [5.74, 6) is 1.44. The van der Waals surface area contributed by atoms with Crippen molar-refractivity contribution in [2.45, 2.75) is 38.8 Å². The van der Waals surface area contributed by atoms with Crippen LogP contribution in [0.1, 0.15) is 38.8 Å². The van der Waals surface area contributed by atoms with Crippen LogP contribution in [0, 0.1) is 0 Å². The van der Waals surface area contributed by atoms with E-state index in [0.717, 1.165) is 45.0 Å². The first-order valence-electron chi connectivity index (χ1n) is 16.9. The Kier molecular flexibility index (Phi) is 6.57. The third-order valence-electron chi connectivity index (χ3n) is 9.58. The van der Waals surface area contributed by atoms with E-state index in [1.54, 1.807) is 0 Å². The highest BCUT2D eigenvalue weighted by molar-refractivity contribution is 6.19. The maximum atomic E-state index is 5.98. The number of benzene rings is 6. The van der Waals surface area contributed by atoms with Gasteiger partial charge in [-0.25, -0.2) is 9.98 Å². The quantitative estimate of drug-likeness (QED) is 0.188. The summed E-state index contributed by atoms with van der Waals surface area (Å²) in [5.41, 5.74) is 9.72. The molecule has 9 rings (SSSR count). The highest BCUT2D eigenvalue weighted by Gasteiger charge is 2.28. The second kappa shape index (κ2) is 10.9. The van der Waals surface area contributed by atoms with Crippen LogP contribution in [0.25, 0.3) is 60.5 Å². The van der Waals surface area contributed by atoms with Gasteiger partial charge in [-0.1, -0.05) is 78.9 Å². The Balaban J connectivity index is 1.19. The van der Waals surface area contributed by atoms with Gasteiger partial charge in [0.2, 0.25) is 11.8 Å². The number of ether oxygens (including phenoxy) is 2. The standard InChI is InChI=1S/C44H37N3O2/c1-43(2)26-48-41(45-43)33-12-8-10-28(23-33)30-16-19-36-32(22-30)18-21-38-37-20-17-31(25-39(37)47(40(36)38)35-14-6-5-7-15-35)29-11-9-13-34(24-29)42-46-44(3,4)27-49-42/h5-25H,26-27H2,1-4H3. The van der Waals surface area contributed by atoms with E-state index in [2.05, 4.69) is 160 Å². The van der Waals surface area contributed by atoms with Crippen molar-refractivity contribution in [3.8, 4) is 27.9 Å². The van der Waals surface area contributed by atoms with Gasteiger partial charge in [0, 0.05) is 33.0 Å². The van der Waals surface area contributed by atoms with Crippen molar-refractivity contribution < 1.29 is 9.47 Å². The number of nitrogens with zero attached hydrogens (tertiary/aromatic N) is 3. The van der Waals surface area contributed by atoms with E-state index in [1.165, 1.54) is 32.6 Å². The lowest BCUT2D eigenvalue weighted by molar-refractivity contribution is 0.279. The van der Waals surface area contributed by atoms with Gasteiger partial charge in [0.1, 0.15) is 13.2 Å². The number of aliphatic imine (C=N–C) groups is 2. The summed E-state index contributed by atoms with van der Waals surface area (Å²) in [7, 11) is 0. The normalized spacial score (nSPS) is 16.5. The minimum absolute atomic E-state index is 0.196. The maximum Gasteiger partial charge on any atom is 0.216 e. The Morgan fingerprint density at radius 1 is 0.490 bits per heavy atom. The van der Waals surface area contributed by atoms with Crippen LogP contribution >= 0.6 is 0 Å². The van der Waals surface area contributed by atoms with Gasteiger partial charge >= 0.3 is 0 Å². The molecule has 0 fully saturated rings. The van der Waals surface area contributed by atoms with Gasteiger partial charge in [-0.2, -0.15) is 0 Å². The van der Waals surface area contributed by atoms with Gasteiger partial charge in [-0.15, -0.1) is 0 Å². The average Bonchev–Trinajstić information content (AvgIpc) is 3.79. The lowest BCUT2D eigenvalue weighted by Crippen LogP contribution is -2.17. The zero-order chi connectivity index (χ0) is 33.3. The van der Waals surface area contributed by atoms with E-state index in [9.17, 15) is 0 Å². The molecule has 0 N–H and O–H groups in total. The molecule has 2 aliphatic heterocycles. The van der Waals surface area contributed by atoms with Gasteiger partial charge in [0.05, 0.1) is 22.1 Å². The zero-order valence-electron chi connectivity index (χ0n) is 28.2. The minimum Gasteiger partial charge on any atom is -0.475 e. The number of rotatable bonds is 5. The molecule has 49 heavy (non-hydrogen) atoms. The predicted molar refractivity (Wildman–Crippen MR) is 202 cm³/mol. The molecule has 0 spiro atoms. The van der Waals surface area contributed by atoms with Crippen molar-refractivity contribution in [1.29, 1.82) is 0 Å². The Morgan fingerprint density at radius 3 is 1.61 bits per heavy atom. The molecule has 0 unspecified atom stereocenters. The van der Waals surface area contributed by atoms with E-state index in [4.69, 9.17) is 19.5 Å². The lowest BCUT2D eigenvalue weighted by Gasteiger charge is -2.12. The number of fused-ring (bicyclic) bond motifs is 5. The fourth-order valence-corrected chi connectivity index (χ4v) is 7.17. The van der Waals surface area contributed by atoms with Crippen LogP contribution in [0.4, 0.5) is 0 Å². The molecule has 1 aromatic heterocycles. The van der Waals surface area contributed by atoms with E-state index < -0.39 is 0 Å². The van der Waals surface area contributed by atoms with Gasteiger partial charge in [-0.3, -0.25) is 0 Å². The highest BCUT2D eigenvalue weighted by Crippen LogP contribution is 2.40. The molecule has 0 atom stereocenters. The monoisotopic (exact) mass is 639 g/mol. The van der Waals surface area contributed by atoms with Crippen LogP contribution in [0.3, 0.4) is 0 Å². The Bertz CT molecular complexity index is 2500. The number of hydrogen-bond donors (Lipinski definition) is 0. The molecule has 5 heteroatoms. The summed E-state index contributed by atoms with van der Waals surface area (Å²) in [6.45, 7) is 9.61. The smallest absolute Gasteiger partial charge is 0.216 e. The SMILES string of the molecule is CC1(C)COC(c2cccc(-c3ccc4c(ccc5c6ccc(-c7cccc(C8=NC(C)(C)CO8)c7)cc6n(-c6ccccc6)c45)c3)c2)=N1. The van der Waals surface area contributed by atoms with Crippen LogP contribution in [0.2, 0.25) is 0 Å². The van der Waals surface area contributed by atoms with Crippen molar-refractivity contribution in [2.24, 2.45) is 9.98 Å². The summed E-state index contributed by atoms with van der Waals surface area (Å²) in [5, 5.41) is 4.86. The zero-order valence-corrected chi connectivity index (χ0v) is 28.2. The van der Waals surface area contributed by atoms with E-state index in [-0.39, 0.29) is 11.1 Å². The fourth-order valence-electron chi connectivity index (χ4n) is 7.17. The van der Waals surface area contributed by atoms with E-state index in [0.29, 0.717) is 19.1 Å². The van der Waals surface area contributed by atoms with Gasteiger partial charge in [0.25, 0.3) is 0 Å². The molecule has 0 bridgehead atoms. The molecule has 0 aliphatic carbocycles. The fraction of sp³-hybridized carbons (Fsp3) is 0.182. The van der Waals surface area contributed by atoms with Crippen molar-refractivity contribution >= 4 is 44.4 Å². The highest BCUT2D eigenvalue weighted by atomic mass is 16.5. The first kappa shape index (κ1) is 29.5. The Hall–Kier alpha value is -5.68.